The Morgan fingerprint density at radius 1 is 1.14 bits per heavy atom. The molecule has 1 aliphatic rings. The summed E-state index contributed by atoms with van der Waals surface area (Å²) in [6.45, 7) is 11.5. The molecule has 0 bridgehead atoms. The molecule has 1 amide bonds. The van der Waals surface area contributed by atoms with E-state index in [1.54, 1.807) is 0 Å². The van der Waals surface area contributed by atoms with E-state index in [0.29, 0.717) is 0 Å². The molecule has 1 aromatic carbocycles. The molecule has 0 unspecified atom stereocenters. The molecule has 1 saturated heterocycles. The maximum atomic E-state index is 12.7. The van der Waals surface area contributed by atoms with Crippen molar-refractivity contribution in [2.75, 3.05) is 19.6 Å². The zero-order chi connectivity index (χ0) is 20.4. The number of allylic oxidation sites excluding steroid dienone is 2. The number of carbonyl (C=O) groups is 1. The first kappa shape index (κ1) is 22.5. The molecule has 0 aromatic heterocycles. The largest absolute Gasteiger partial charge is 0.444 e. The van der Waals surface area contributed by atoms with Crippen LogP contribution in [0, 0.1) is 0 Å². The second-order valence-electron chi connectivity index (χ2n) is 8.71. The monoisotopic (exact) mass is 386 g/mol. The normalized spacial score (nSPS) is 18.6. The van der Waals surface area contributed by atoms with Gasteiger partial charge >= 0.3 is 6.09 Å². The van der Waals surface area contributed by atoms with Crippen molar-refractivity contribution >= 4 is 6.09 Å². The minimum absolute atomic E-state index is 0.164. The molecule has 1 fully saturated rings. The van der Waals surface area contributed by atoms with Crippen LogP contribution in [0.2, 0.25) is 0 Å². The quantitative estimate of drug-likeness (QED) is 0.428. The van der Waals surface area contributed by atoms with Gasteiger partial charge in [-0.15, -0.1) is 0 Å². The van der Waals surface area contributed by atoms with E-state index in [1.807, 2.05) is 25.7 Å². The summed E-state index contributed by atoms with van der Waals surface area (Å²) < 4.78 is 5.68. The molecule has 0 N–H and O–H groups in total. The van der Waals surface area contributed by atoms with Crippen molar-refractivity contribution in [1.82, 2.24) is 9.80 Å². The van der Waals surface area contributed by atoms with Gasteiger partial charge in [0.05, 0.1) is 0 Å². The van der Waals surface area contributed by atoms with Crippen molar-refractivity contribution in [3.8, 4) is 0 Å². The van der Waals surface area contributed by atoms with Crippen LogP contribution in [-0.2, 0) is 11.3 Å². The summed E-state index contributed by atoms with van der Waals surface area (Å²) in [7, 11) is 0. The molecule has 156 valence electrons. The molecule has 0 radical (unpaired) electrons. The van der Waals surface area contributed by atoms with Gasteiger partial charge in [-0.3, -0.25) is 4.90 Å². The van der Waals surface area contributed by atoms with E-state index in [4.69, 9.17) is 4.74 Å². The number of ether oxygens (including phenoxy) is 1. The summed E-state index contributed by atoms with van der Waals surface area (Å²) in [6.07, 6.45) is 9.91. The van der Waals surface area contributed by atoms with E-state index in [0.717, 1.165) is 51.9 Å². The molecule has 2 rings (SSSR count). The predicted molar refractivity (Wildman–Crippen MR) is 116 cm³/mol. The van der Waals surface area contributed by atoms with E-state index in [2.05, 4.69) is 54.3 Å². The van der Waals surface area contributed by atoms with Crippen LogP contribution in [0.15, 0.2) is 42.5 Å². The van der Waals surface area contributed by atoms with Crippen LogP contribution in [-0.4, -0.2) is 47.2 Å². The topological polar surface area (TPSA) is 32.8 Å². The van der Waals surface area contributed by atoms with Crippen molar-refractivity contribution < 1.29 is 9.53 Å². The maximum absolute atomic E-state index is 12.7. The van der Waals surface area contributed by atoms with E-state index in [-0.39, 0.29) is 12.1 Å². The molecule has 1 aliphatic heterocycles. The summed E-state index contributed by atoms with van der Waals surface area (Å²) in [6, 6.07) is 10.8. The first-order valence-corrected chi connectivity index (χ1v) is 10.8. The second kappa shape index (κ2) is 11.3. The Morgan fingerprint density at radius 3 is 2.57 bits per heavy atom. The van der Waals surface area contributed by atoms with Crippen molar-refractivity contribution in [1.29, 1.82) is 0 Å². The number of unbranched alkanes of at least 4 members (excludes halogenated alkanes) is 2. The first-order chi connectivity index (χ1) is 13.4. The van der Waals surface area contributed by atoms with Crippen LogP contribution in [0.3, 0.4) is 0 Å². The molecule has 1 atom stereocenters. The fourth-order valence-electron chi connectivity index (χ4n) is 3.64. The van der Waals surface area contributed by atoms with Gasteiger partial charge in [0, 0.05) is 32.2 Å². The van der Waals surface area contributed by atoms with Crippen LogP contribution in [0.25, 0.3) is 0 Å². The van der Waals surface area contributed by atoms with Gasteiger partial charge in [-0.1, -0.05) is 55.8 Å². The number of carbonyl (C=O) groups excluding carboxylic acids is 1. The highest BCUT2D eigenvalue weighted by Gasteiger charge is 2.32. The molecule has 0 saturated carbocycles. The molecule has 0 spiro atoms. The van der Waals surface area contributed by atoms with Gasteiger partial charge in [0.25, 0.3) is 0 Å². The number of piperazine rings is 1. The van der Waals surface area contributed by atoms with Gasteiger partial charge < -0.3 is 9.64 Å². The summed E-state index contributed by atoms with van der Waals surface area (Å²) in [5.41, 5.74) is 0.880. The van der Waals surface area contributed by atoms with Gasteiger partial charge in [-0.25, -0.2) is 4.79 Å². The number of benzene rings is 1. The third-order valence-electron chi connectivity index (χ3n) is 5.00. The molecule has 4 heteroatoms. The number of amides is 1. The van der Waals surface area contributed by atoms with Gasteiger partial charge in [0.15, 0.2) is 0 Å². The number of rotatable bonds is 8. The van der Waals surface area contributed by atoms with Crippen LogP contribution in [0.1, 0.15) is 65.4 Å². The van der Waals surface area contributed by atoms with E-state index < -0.39 is 5.60 Å². The van der Waals surface area contributed by atoms with Crippen molar-refractivity contribution in [2.24, 2.45) is 0 Å². The number of hydrogen-bond donors (Lipinski definition) is 0. The summed E-state index contributed by atoms with van der Waals surface area (Å²) in [4.78, 5) is 17.2. The van der Waals surface area contributed by atoms with Gasteiger partial charge in [-0.2, -0.15) is 0 Å². The highest BCUT2D eigenvalue weighted by Crippen LogP contribution is 2.21. The maximum Gasteiger partial charge on any atom is 0.410 e. The third kappa shape index (κ3) is 8.05. The molecule has 4 nitrogen and oxygen atoms in total. The van der Waals surface area contributed by atoms with Crippen molar-refractivity contribution in [3.63, 3.8) is 0 Å². The smallest absolute Gasteiger partial charge is 0.410 e. The minimum Gasteiger partial charge on any atom is -0.444 e. The first-order valence-electron chi connectivity index (χ1n) is 10.8. The lowest BCUT2D eigenvalue weighted by Gasteiger charge is -2.42. The lowest BCUT2D eigenvalue weighted by molar-refractivity contribution is -0.00412. The second-order valence-corrected chi connectivity index (χ2v) is 8.71. The Bertz CT molecular complexity index is 607. The average molecular weight is 387 g/mol. The lowest BCUT2D eigenvalue weighted by Crippen LogP contribution is -2.55. The van der Waals surface area contributed by atoms with E-state index in [1.165, 1.54) is 12.0 Å². The summed E-state index contributed by atoms with van der Waals surface area (Å²) in [5.74, 6) is 0. The summed E-state index contributed by atoms with van der Waals surface area (Å²) in [5, 5.41) is 0. The SMILES string of the molecule is CC/C=C\CCCC[C@@H]1CN(Cc2ccccc2)CCN1C(=O)OC(C)(C)C. The Balaban J connectivity index is 1.95. The molecule has 0 aliphatic carbocycles. The minimum atomic E-state index is -0.451. The molecular formula is C24H38N2O2. The Morgan fingerprint density at radius 2 is 1.89 bits per heavy atom. The van der Waals surface area contributed by atoms with Gasteiger partial charge in [-0.05, 0) is 52.0 Å². The molecule has 1 heterocycles. The highest BCUT2D eigenvalue weighted by molar-refractivity contribution is 5.68. The molecule has 28 heavy (non-hydrogen) atoms. The Labute approximate surface area is 171 Å². The van der Waals surface area contributed by atoms with Crippen LogP contribution in [0.5, 0.6) is 0 Å². The van der Waals surface area contributed by atoms with Crippen LogP contribution in [0.4, 0.5) is 4.79 Å². The standard InChI is InChI=1S/C24H38N2O2/c1-5-6-7-8-9-13-16-22-20-25(19-21-14-11-10-12-15-21)17-18-26(22)23(27)28-24(2,3)4/h6-7,10-12,14-15,22H,5,8-9,13,16-20H2,1-4H3/b7-6-/t22-/m1/s1. The fraction of sp³-hybridized carbons (Fsp3) is 0.625. The summed E-state index contributed by atoms with van der Waals surface area (Å²) >= 11 is 0. The number of hydrogen-bond acceptors (Lipinski definition) is 3. The fourth-order valence-corrected chi connectivity index (χ4v) is 3.64. The zero-order valence-corrected chi connectivity index (χ0v) is 18.2. The lowest BCUT2D eigenvalue weighted by atomic mass is 10.0. The van der Waals surface area contributed by atoms with E-state index in [9.17, 15) is 4.79 Å². The van der Waals surface area contributed by atoms with Crippen LogP contribution < -0.4 is 0 Å². The zero-order valence-electron chi connectivity index (χ0n) is 18.2. The van der Waals surface area contributed by atoms with Gasteiger partial charge in [0.1, 0.15) is 5.60 Å². The Hall–Kier alpha value is -1.81. The van der Waals surface area contributed by atoms with Crippen molar-refractivity contribution in [3.05, 3.63) is 48.0 Å². The third-order valence-corrected chi connectivity index (χ3v) is 5.00. The van der Waals surface area contributed by atoms with E-state index >= 15 is 0 Å². The van der Waals surface area contributed by atoms with Crippen molar-refractivity contribution in [2.45, 2.75) is 78.0 Å². The highest BCUT2D eigenvalue weighted by atomic mass is 16.6. The number of nitrogens with zero attached hydrogens (tertiary/aromatic N) is 2. The van der Waals surface area contributed by atoms with Gasteiger partial charge in [0.2, 0.25) is 0 Å². The molecule has 1 aromatic rings. The Kier molecular flexibility index (Phi) is 9.04. The average Bonchev–Trinajstić information content (AvgIpc) is 2.64. The molecular weight excluding hydrogens is 348 g/mol. The van der Waals surface area contributed by atoms with Crippen LogP contribution >= 0.6 is 0 Å². The predicted octanol–water partition coefficient (Wildman–Crippen LogP) is 5.63.